The molecule has 0 radical (unpaired) electrons. The molecule has 178 valence electrons. The fourth-order valence-corrected chi connectivity index (χ4v) is 5.72. The van der Waals surface area contributed by atoms with Gasteiger partial charge in [0.15, 0.2) is 5.17 Å². The number of amides is 1. The van der Waals surface area contributed by atoms with Gasteiger partial charge in [0, 0.05) is 23.5 Å². The highest BCUT2D eigenvalue weighted by atomic mass is 32.2. The molecule has 0 aliphatic carbocycles. The van der Waals surface area contributed by atoms with Crippen LogP contribution < -0.4 is 5.32 Å². The Labute approximate surface area is 209 Å². The second-order valence-electron chi connectivity index (χ2n) is 8.50. The molecule has 1 N–H and O–H groups in total. The minimum absolute atomic E-state index is 0.155. The smallest absolute Gasteiger partial charge is 0.338 e. The van der Waals surface area contributed by atoms with Crippen LogP contribution in [0.5, 0.6) is 0 Å². The molecule has 2 heterocycles. The van der Waals surface area contributed by atoms with Gasteiger partial charge in [-0.2, -0.15) is 0 Å². The zero-order valence-corrected chi connectivity index (χ0v) is 20.6. The van der Waals surface area contributed by atoms with Gasteiger partial charge in [-0.25, -0.2) is 9.79 Å². The number of nitrogens with one attached hydrogen (secondary N) is 1. The van der Waals surface area contributed by atoms with Crippen LogP contribution in [0.15, 0.2) is 83.0 Å². The Morgan fingerprint density at radius 1 is 1.09 bits per heavy atom. The van der Waals surface area contributed by atoms with Crippen molar-refractivity contribution in [2.75, 3.05) is 24.7 Å². The first-order valence-electron chi connectivity index (χ1n) is 11.8. The van der Waals surface area contributed by atoms with Crippen LogP contribution in [-0.2, 0) is 9.53 Å². The van der Waals surface area contributed by atoms with Gasteiger partial charge in [-0.3, -0.25) is 4.79 Å². The van der Waals surface area contributed by atoms with Gasteiger partial charge in [0.05, 0.1) is 24.4 Å². The number of nitrogens with zero attached hydrogens (tertiary/aromatic N) is 2. The van der Waals surface area contributed by atoms with Gasteiger partial charge in [-0.15, -0.1) is 0 Å². The number of aliphatic imine (C=N–C) groups is 1. The Kier molecular flexibility index (Phi) is 6.59. The van der Waals surface area contributed by atoms with E-state index < -0.39 is 0 Å². The first-order chi connectivity index (χ1) is 17.1. The lowest BCUT2D eigenvalue weighted by Crippen LogP contribution is -2.42. The number of thioether (sulfide) groups is 1. The number of carbonyl (C=O) groups is 2. The monoisotopic (exact) mass is 485 g/mol. The predicted octanol–water partition coefficient (Wildman–Crippen LogP) is 5.78. The van der Waals surface area contributed by atoms with Crippen LogP contribution in [0.2, 0.25) is 0 Å². The van der Waals surface area contributed by atoms with E-state index in [9.17, 15) is 9.59 Å². The Hall–Kier alpha value is -3.58. The molecule has 35 heavy (non-hydrogen) atoms. The van der Waals surface area contributed by atoms with Crippen molar-refractivity contribution in [2.45, 2.75) is 25.8 Å². The number of amidine groups is 1. The molecule has 2 aliphatic heterocycles. The van der Waals surface area contributed by atoms with Gasteiger partial charge in [0.2, 0.25) is 0 Å². The summed E-state index contributed by atoms with van der Waals surface area (Å²) in [4.78, 5) is 32.9. The minimum Gasteiger partial charge on any atom is -0.466 e. The number of benzene rings is 3. The molecular formula is C28H27N3O3S. The lowest BCUT2D eigenvalue weighted by molar-refractivity contribution is -0.136. The fourth-order valence-electron chi connectivity index (χ4n) is 4.73. The number of ether oxygens (including phenoxy) is 1. The summed E-state index contributed by atoms with van der Waals surface area (Å²) in [5.74, 6) is 0.516. The lowest BCUT2D eigenvalue weighted by Gasteiger charge is -2.40. The number of allylic oxidation sites excluding steroid dienone is 1. The van der Waals surface area contributed by atoms with Crippen LogP contribution in [0, 0.1) is 0 Å². The van der Waals surface area contributed by atoms with Crippen LogP contribution in [0.1, 0.15) is 41.7 Å². The van der Waals surface area contributed by atoms with Crippen molar-refractivity contribution in [1.82, 2.24) is 4.90 Å². The highest BCUT2D eigenvalue weighted by Gasteiger charge is 2.38. The molecule has 6 nitrogen and oxygen atoms in total. The van der Waals surface area contributed by atoms with Crippen molar-refractivity contribution in [1.29, 1.82) is 0 Å². The summed E-state index contributed by atoms with van der Waals surface area (Å²) in [5, 5.41) is 5.92. The Morgan fingerprint density at radius 3 is 2.63 bits per heavy atom. The maximum atomic E-state index is 13.1. The van der Waals surface area contributed by atoms with E-state index >= 15 is 0 Å². The topological polar surface area (TPSA) is 71.0 Å². The molecule has 0 aromatic heterocycles. The van der Waals surface area contributed by atoms with Crippen molar-refractivity contribution in [3.05, 3.63) is 89.1 Å². The quantitative estimate of drug-likeness (QED) is 0.464. The van der Waals surface area contributed by atoms with Crippen LogP contribution in [0.3, 0.4) is 0 Å². The van der Waals surface area contributed by atoms with E-state index in [0.717, 1.165) is 45.9 Å². The molecule has 0 bridgehead atoms. The summed E-state index contributed by atoms with van der Waals surface area (Å²) in [6, 6.07) is 21.0. The second kappa shape index (κ2) is 9.96. The normalized spacial score (nSPS) is 17.6. The van der Waals surface area contributed by atoms with E-state index in [0.29, 0.717) is 23.2 Å². The van der Waals surface area contributed by atoms with Crippen LogP contribution in [0.4, 0.5) is 5.69 Å². The maximum absolute atomic E-state index is 13.1. The summed E-state index contributed by atoms with van der Waals surface area (Å²) >= 11 is 1.73. The second-order valence-corrected chi connectivity index (χ2v) is 9.56. The summed E-state index contributed by atoms with van der Waals surface area (Å²) in [5.41, 5.74) is 3.66. The molecule has 0 unspecified atom stereocenters. The molecule has 1 amide bonds. The van der Waals surface area contributed by atoms with E-state index in [1.54, 1.807) is 11.8 Å². The molecule has 5 rings (SSSR count). The first kappa shape index (κ1) is 23.2. The van der Waals surface area contributed by atoms with Crippen molar-refractivity contribution in [3.8, 4) is 0 Å². The highest BCUT2D eigenvalue weighted by molar-refractivity contribution is 8.13. The van der Waals surface area contributed by atoms with Gasteiger partial charge in [0.25, 0.3) is 5.91 Å². The summed E-state index contributed by atoms with van der Waals surface area (Å²) in [7, 11) is 1.41. The van der Waals surface area contributed by atoms with E-state index in [2.05, 4.69) is 10.2 Å². The molecule has 1 atom stereocenters. The summed E-state index contributed by atoms with van der Waals surface area (Å²) < 4.78 is 5.16. The van der Waals surface area contributed by atoms with E-state index in [1.807, 2.05) is 73.7 Å². The van der Waals surface area contributed by atoms with Gasteiger partial charge in [-0.1, -0.05) is 67.2 Å². The van der Waals surface area contributed by atoms with E-state index in [-0.39, 0.29) is 17.9 Å². The van der Waals surface area contributed by atoms with Crippen molar-refractivity contribution in [2.24, 2.45) is 4.99 Å². The SMILES string of the molecule is CCC1=C(C(=O)OC)[C@H](c2ccc(NC(=O)c3cccc4ccccc34)cc2)N2CCCSC2=N1. The molecule has 3 aromatic rings. The molecular weight excluding hydrogens is 458 g/mol. The third-order valence-electron chi connectivity index (χ3n) is 6.41. The molecule has 3 aromatic carbocycles. The molecule has 2 aliphatic rings. The highest BCUT2D eigenvalue weighted by Crippen LogP contribution is 2.41. The van der Waals surface area contributed by atoms with Gasteiger partial charge >= 0.3 is 5.97 Å². The largest absolute Gasteiger partial charge is 0.466 e. The summed E-state index contributed by atoms with van der Waals surface area (Å²) in [6.07, 6.45) is 1.67. The van der Waals surface area contributed by atoms with Crippen LogP contribution in [-0.4, -0.2) is 41.4 Å². The van der Waals surface area contributed by atoms with Crippen molar-refractivity contribution in [3.63, 3.8) is 0 Å². The van der Waals surface area contributed by atoms with Gasteiger partial charge < -0.3 is 15.0 Å². The zero-order chi connectivity index (χ0) is 24.4. The number of rotatable bonds is 5. The molecule has 0 spiro atoms. The summed E-state index contributed by atoms with van der Waals surface area (Å²) in [6.45, 7) is 2.84. The van der Waals surface area contributed by atoms with Gasteiger partial charge in [0.1, 0.15) is 0 Å². The predicted molar refractivity (Wildman–Crippen MR) is 142 cm³/mol. The molecule has 1 fully saturated rings. The average molecular weight is 486 g/mol. The van der Waals surface area contributed by atoms with Gasteiger partial charge in [-0.05, 0) is 47.4 Å². The standard InChI is InChI=1S/C28H27N3O3S/c1-3-23-24(27(33)34-2)25(31-16-7-17-35-28(31)30-23)19-12-14-20(15-13-19)29-26(32)22-11-6-9-18-8-4-5-10-21(18)22/h4-6,8-15,25H,3,7,16-17H2,1-2H3,(H,29,32)/t25-/m0/s1. The zero-order valence-electron chi connectivity index (χ0n) is 19.8. The Morgan fingerprint density at radius 2 is 1.86 bits per heavy atom. The van der Waals surface area contributed by atoms with E-state index in [4.69, 9.17) is 9.73 Å². The van der Waals surface area contributed by atoms with Crippen LogP contribution >= 0.6 is 11.8 Å². The first-order valence-corrected chi connectivity index (χ1v) is 12.8. The van der Waals surface area contributed by atoms with Crippen LogP contribution in [0.25, 0.3) is 10.8 Å². The third kappa shape index (κ3) is 4.44. The Bertz CT molecular complexity index is 1340. The van der Waals surface area contributed by atoms with Crippen molar-refractivity contribution < 1.29 is 14.3 Å². The van der Waals surface area contributed by atoms with Crippen molar-refractivity contribution >= 4 is 45.3 Å². The third-order valence-corrected chi connectivity index (χ3v) is 7.48. The van der Waals surface area contributed by atoms with E-state index in [1.165, 1.54) is 7.11 Å². The number of methoxy groups -OCH3 is 1. The maximum Gasteiger partial charge on any atom is 0.338 e. The Balaban J connectivity index is 1.45. The lowest BCUT2D eigenvalue weighted by atomic mass is 9.93. The number of fused-ring (bicyclic) bond motifs is 2. The molecule has 7 heteroatoms. The minimum atomic E-state index is -0.349. The molecule has 0 saturated carbocycles. The molecule has 1 saturated heterocycles. The number of hydrogen-bond donors (Lipinski definition) is 1. The number of anilines is 1. The number of hydrogen-bond acceptors (Lipinski definition) is 6. The fraction of sp³-hybridized carbons (Fsp3) is 0.250. The number of carbonyl (C=O) groups excluding carboxylic acids is 2. The average Bonchev–Trinajstić information content (AvgIpc) is 2.91. The number of esters is 1.